The van der Waals surface area contributed by atoms with Gasteiger partial charge in [-0.05, 0) is 0 Å². The minimum absolute atomic E-state index is 0. The Hall–Kier alpha value is 0.356. The largest absolute Gasteiger partial charge is 1.00 e. The summed E-state index contributed by atoms with van der Waals surface area (Å²) in [6.07, 6.45) is -7.88. The van der Waals surface area contributed by atoms with Crippen LogP contribution >= 0.6 is 0 Å². The van der Waals surface area contributed by atoms with E-state index >= 15 is 0 Å². The molecule has 0 fully saturated rings. The van der Waals surface area contributed by atoms with Crippen LogP contribution in [0.5, 0.6) is 0 Å². The minimum Gasteiger partial charge on any atom is -0.281 e. The van der Waals surface area contributed by atoms with Gasteiger partial charge in [0, 0.05) is 0 Å². The monoisotopic (exact) mass is 539 g/mol. The van der Waals surface area contributed by atoms with E-state index < -0.39 is 57.1 Å². The molecule has 0 atom stereocenters. The van der Waals surface area contributed by atoms with Crippen molar-refractivity contribution in [2.24, 2.45) is 0 Å². The Kier molecular flexibility index (Phi) is 8.66. The van der Waals surface area contributed by atoms with Crippen LogP contribution in [0.4, 0.5) is 74.6 Å². The summed E-state index contributed by atoms with van der Waals surface area (Å²) < 4.78 is 242. The van der Waals surface area contributed by atoms with Gasteiger partial charge >= 0.3 is 108 Å². The van der Waals surface area contributed by atoms with E-state index in [1.807, 2.05) is 0 Å². The van der Waals surface area contributed by atoms with E-state index in [1.54, 1.807) is 0 Å². The summed E-state index contributed by atoms with van der Waals surface area (Å²) in [6.45, 7) is 0. The molecule has 0 saturated heterocycles. The molecule has 0 saturated carbocycles. The fourth-order valence-electron chi connectivity index (χ4n) is 1.31. The summed E-state index contributed by atoms with van der Waals surface area (Å²) in [5.41, 5.74) is 0. The topological polar surface area (TPSA) is 54.4 Å². The second kappa shape index (κ2) is 7.99. The maximum atomic E-state index is 13.0. The molecule has 0 aromatic rings. The quantitative estimate of drug-likeness (QED) is 0.306. The Morgan fingerprint density at radius 3 is 0.833 bits per heavy atom. The van der Waals surface area contributed by atoms with Gasteiger partial charge in [0.15, 0.2) is 0 Å². The average molecular weight is 539 g/mol. The fourth-order valence-corrected chi connectivity index (χ4v) is 1.76. The SMILES string of the molecule is O=S(=O)(O)C(F)(F)C(F)(F)C(F)(F)C(F)(F)C(F)(F)C(F)(F)C(F)(F)C(F)(F)F.[K+]. The van der Waals surface area contributed by atoms with Crippen LogP contribution in [0.25, 0.3) is 0 Å². The van der Waals surface area contributed by atoms with Crippen LogP contribution in [0, 0.1) is 0 Å². The van der Waals surface area contributed by atoms with Crippen LogP contribution in [0.2, 0.25) is 0 Å². The van der Waals surface area contributed by atoms with E-state index in [0.29, 0.717) is 0 Å². The zero-order chi connectivity index (χ0) is 24.5. The summed E-state index contributed by atoms with van der Waals surface area (Å²) >= 11 is 0. The van der Waals surface area contributed by atoms with E-state index in [1.165, 1.54) is 0 Å². The van der Waals surface area contributed by atoms with Crippen molar-refractivity contribution in [2.45, 2.75) is 47.0 Å². The van der Waals surface area contributed by atoms with Crippen molar-refractivity contribution < 1.29 is 139 Å². The third kappa shape index (κ3) is 4.05. The molecular weight excluding hydrogens is 538 g/mol. The Morgan fingerprint density at radius 2 is 0.633 bits per heavy atom. The number of alkyl halides is 17. The van der Waals surface area contributed by atoms with Gasteiger partial charge in [0.25, 0.3) is 0 Å². The van der Waals surface area contributed by atoms with E-state index in [2.05, 4.69) is 0 Å². The molecule has 0 amide bonds. The molecule has 1 N–H and O–H groups in total. The van der Waals surface area contributed by atoms with Crippen LogP contribution in [0.3, 0.4) is 0 Å². The summed E-state index contributed by atoms with van der Waals surface area (Å²) in [4.78, 5) is 0. The van der Waals surface area contributed by atoms with E-state index in [4.69, 9.17) is 4.55 Å². The Labute approximate surface area is 195 Å². The number of hydrogen-bond donors (Lipinski definition) is 1. The van der Waals surface area contributed by atoms with Crippen molar-refractivity contribution in [3.63, 3.8) is 0 Å². The molecule has 0 aliphatic carbocycles. The second-order valence-electron chi connectivity index (χ2n) is 4.94. The van der Waals surface area contributed by atoms with Crippen LogP contribution in [-0.4, -0.2) is 59.9 Å². The molecule has 3 nitrogen and oxygen atoms in total. The van der Waals surface area contributed by atoms with Crippen LogP contribution in [0.15, 0.2) is 0 Å². The first kappa shape index (κ1) is 32.5. The summed E-state index contributed by atoms with van der Waals surface area (Å²) in [7, 11) is -7.89. The van der Waals surface area contributed by atoms with Gasteiger partial charge in [0.1, 0.15) is 0 Å². The van der Waals surface area contributed by atoms with Gasteiger partial charge in [-0.3, -0.25) is 4.55 Å². The molecule has 0 bridgehead atoms. The van der Waals surface area contributed by atoms with Gasteiger partial charge in [-0.15, -0.1) is 0 Å². The summed E-state index contributed by atoms with van der Waals surface area (Å²) in [6, 6.07) is 0. The van der Waals surface area contributed by atoms with Gasteiger partial charge in [-0.25, -0.2) is 0 Å². The molecule has 22 heteroatoms. The van der Waals surface area contributed by atoms with Crippen molar-refractivity contribution in [1.82, 2.24) is 0 Å². The first-order chi connectivity index (χ1) is 12.0. The van der Waals surface area contributed by atoms with Crippen LogP contribution in [0.1, 0.15) is 0 Å². The van der Waals surface area contributed by atoms with Gasteiger partial charge in [-0.2, -0.15) is 83.1 Å². The predicted octanol–water partition coefficient (Wildman–Crippen LogP) is 1.85. The average Bonchev–Trinajstić information content (AvgIpc) is 2.43. The number of rotatable bonds is 7. The molecule has 0 aliphatic rings. The molecule has 0 radical (unpaired) electrons. The van der Waals surface area contributed by atoms with Crippen molar-refractivity contribution in [1.29, 1.82) is 0 Å². The van der Waals surface area contributed by atoms with Crippen LogP contribution in [-0.2, 0) is 10.1 Å². The Morgan fingerprint density at radius 1 is 0.433 bits per heavy atom. The summed E-state index contributed by atoms with van der Waals surface area (Å²) in [5, 5.41) is -7.84. The maximum absolute atomic E-state index is 13.0. The molecular formula is C8HF17KO3S+. The molecule has 0 rings (SSSR count). The standard InChI is InChI=1S/C8HF17O3S.K/c9-1(10,3(13,14)5(17,18)7(21,22)23)2(11,12)4(15,16)6(19,20)8(24,25)29(26,27)28;/h(H,26,27,28);/q;+1. The molecule has 0 aliphatic heterocycles. The van der Waals surface area contributed by atoms with E-state index in [-0.39, 0.29) is 51.4 Å². The van der Waals surface area contributed by atoms with Crippen LogP contribution < -0.4 is 51.4 Å². The van der Waals surface area contributed by atoms with E-state index in [9.17, 15) is 83.1 Å². The number of halogens is 17. The molecule has 0 unspecified atom stereocenters. The number of hydrogen-bond acceptors (Lipinski definition) is 2. The smallest absolute Gasteiger partial charge is 0.281 e. The molecule has 0 aromatic carbocycles. The Balaban J connectivity index is 0. The minimum atomic E-state index is -8.89. The molecule has 0 aromatic heterocycles. The zero-order valence-corrected chi connectivity index (χ0v) is 17.0. The fraction of sp³-hybridized carbons (Fsp3) is 1.00. The Bertz CT molecular complexity index is 739. The summed E-state index contributed by atoms with van der Waals surface area (Å²) in [5.74, 6) is -52.0. The molecule has 176 valence electrons. The second-order valence-corrected chi connectivity index (χ2v) is 6.40. The van der Waals surface area contributed by atoms with Crippen molar-refractivity contribution in [2.75, 3.05) is 0 Å². The predicted molar refractivity (Wildman–Crippen MR) is 52.2 cm³/mol. The van der Waals surface area contributed by atoms with Gasteiger partial charge in [0.05, 0.1) is 0 Å². The molecule has 30 heavy (non-hydrogen) atoms. The third-order valence-corrected chi connectivity index (χ3v) is 3.92. The van der Waals surface area contributed by atoms with Crippen molar-refractivity contribution in [3.8, 4) is 0 Å². The molecule has 0 spiro atoms. The van der Waals surface area contributed by atoms with Gasteiger partial charge in [-0.1, -0.05) is 0 Å². The molecule has 0 heterocycles. The normalized spacial score (nSPS) is 16.3. The first-order valence-electron chi connectivity index (χ1n) is 5.68. The van der Waals surface area contributed by atoms with Gasteiger partial charge < -0.3 is 0 Å². The van der Waals surface area contributed by atoms with Gasteiger partial charge in [0.2, 0.25) is 0 Å². The van der Waals surface area contributed by atoms with Crippen molar-refractivity contribution in [3.05, 3.63) is 0 Å². The zero-order valence-electron chi connectivity index (χ0n) is 13.1. The maximum Gasteiger partial charge on any atom is 1.00 e. The first-order valence-corrected chi connectivity index (χ1v) is 7.12. The van der Waals surface area contributed by atoms with E-state index in [0.717, 1.165) is 0 Å². The van der Waals surface area contributed by atoms with Crippen molar-refractivity contribution >= 4 is 10.1 Å². The third-order valence-electron chi connectivity index (χ3n) is 3.02.